The van der Waals surface area contributed by atoms with E-state index in [4.69, 9.17) is 10.00 Å². The van der Waals surface area contributed by atoms with Gasteiger partial charge in [0.25, 0.3) is 0 Å². The predicted octanol–water partition coefficient (Wildman–Crippen LogP) is 2.04. The summed E-state index contributed by atoms with van der Waals surface area (Å²) in [6.07, 6.45) is 6.50. The van der Waals surface area contributed by atoms with Crippen LogP contribution < -0.4 is 9.64 Å². The highest BCUT2D eigenvalue weighted by Crippen LogP contribution is 2.38. The Kier molecular flexibility index (Phi) is 5.00. The number of ether oxygens (including phenoxy) is 1. The highest BCUT2D eigenvalue weighted by molar-refractivity contribution is 7.90. The Hall–Kier alpha value is -2.93. The fourth-order valence-corrected chi connectivity index (χ4v) is 4.37. The van der Waals surface area contributed by atoms with E-state index in [2.05, 4.69) is 16.2 Å². The van der Waals surface area contributed by atoms with Crippen molar-refractivity contribution in [2.24, 2.45) is 0 Å². The van der Waals surface area contributed by atoms with Crippen LogP contribution >= 0.6 is 0 Å². The van der Waals surface area contributed by atoms with Gasteiger partial charge in [0.2, 0.25) is 5.88 Å². The normalized spacial score (nSPS) is 17.1. The second kappa shape index (κ2) is 7.48. The molecule has 0 N–H and O–H groups in total. The number of nitriles is 1. The van der Waals surface area contributed by atoms with E-state index < -0.39 is 15.7 Å². The van der Waals surface area contributed by atoms with Crippen LogP contribution in [0, 0.1) is 17.3 Å². The van der Waals surface area contributed by atoms with Gasteiger partial charge >= 0.3 is 0 Å². The Morgan fingerprint density at radius 2 is 1.97 bits per heavy atom. The van der Waals surface area contributed by atoms with Crippen LogP contribution in [0.25, 0.3) is 0 Å². The van der Waals surface area contributed by atoms with Crippen LogP contribution in [0.1, 0.15) is 18.4 Å². The molecule has 2 aromatic rings. The molecule has 1 aromatic heterocycles. The zero-order valence-electron chi connectivity index (χ0n) is 15.9. The van der Waals surface area contributed by atoms with Gasteiger partial charge in [-0.3, -0.25) is 0 Å². The Bertz CT molecular complexity index is 1080. The minimum atomic E-state index is -3.49. The quantitative estimate of drug-likeness (QED) is 0.697. The minimum Gasteiger partial charge on any atom is -0.474 e. The van der Waals surface area contributed by atoms with E-state index in [1.807, 2.05) is 0 Å². The van der Waals surface area contributed by atoms with Gasteiger partial charge in [0.1, 0.15) is 24.1 Å². The molecule has 0 atom stereocenters. The smallest absolute Gasteiger partial charge is 0.218 e. The van der Waals surface area contributed by atoms with E-state index in [1.165, 1.54) is 12.4 Å². The van der Waals surface area contributed by atoms with Gasteiger partial charge in [-0.25, -0.2) is 22.8 Å². The number of anilines is 2. The third-order valence-electron chi connectivity index (χ3n) is 5.19. The third-order valence-corrected chi connectivity index (χ3v) is 6.29. The summed E-state index contributed by atoms with van der Waals surface area (Å²) in [5, 5.41) is 8.93. The van der Waals surface area contributed by atoms with Gasteiger partial charge in [-0.15, -0.1) is 0 Å². The highest BCUT2D eigenvalue weighted by atomic mass is 32.2. The van der Waals surface area contributed by atoms with Crippen LogP contribution in [0.3, 0.4) is 0 Å². The number of halogens is 1. The van der Waals surface area contributed by atoms with Gasteiger partial charge in [-0.2, -0.15) is 5.26 Å². The Labute approximate surface area is 168 Å². The van der Waals surface area contributed by atoms with Gasteiger partial charge < -0.3 is 14.5 Å². The molecule has 0 saturated carbocycles. The highest BCUT2D eigenvalue weighted by Gasteiger charge is 2.28. The molecule has 1 saturated heterocycles. The number of piperidine rings is 1. The molecule has 29 heavy (non-hydrogen) atoms. The number of benzene rings is 1. The molecule has 0 unspecified atom stereocenters. The first kappa shape index (κ1) is 19.4. The zero-order valence-corrected chi connectivity index (χ0v) is 16.7. The van der Waals surface area contributed by atoms with E-state index in [0.717, 1.165) is 25.2 Å². The number of hydrogen-bond acceptors (Lipinski definition) is 8. The van der Waals surface area contributed by atoms with Crippen molar-refractivity contribution in [2.45, 2.75) is 30.3 Å². The molecule has 3 heterocycles. The summed E-state index contributed by atoms with van der Waals surface area (Å²) >= 11 is 0. The molecule has 0 radical (unpaired) electrons. The molecule has 0 aliphatic carbocycles. The van der Waals surface area contributed by atoms with E-state index >= 15 is 0 Å². The lowest BCUT2D eigenvalue weighted by Crippen LogP contribution is -2.35. The molecule has 10 heteroatoms. The number of hydrogen-bond donors (Lipinski definition) is 0. The van der Waals surface area contributed by atoms with Gasteiger partial charge in [-0.05, 0) is 24.1 Å². The second-order valence-electron chi connectivity index (χ2n) is 7.21. The summed E-state index contributed by atoms with van der Waals surface area (Å²) in [5.41, 5.74) is 0.972. The first-order chi connectivity index (χ1) is 13.8. The fraction of sp³-hybridized carbons (Fsp3) is 0.421. The van der Waals surface area contributed by atoms with Crippen molar-refractivity contribution in [1.82, 2.24) is 14.9 Å². The molecular weight excluding hydrogens is 397 g/mol. The van der Waals surface area contributed by atoms with Gasteiger partial charge in [-0.1, -0.05) is 0 Å². The molecule has 2 aliphatic heterocycles. The summed E-state index contributed by atoms with van der Waals surface area (Å²) in [6, 6.07) is 4.24. The van der Waals surface area contributed by atoms with Gasteiger partial charge in [0.05, 0.1) is 10.6 Å². The molecule has 0 spiro atoms. The van der Waals surface area contributed by atoms with E-state index in [-0.39, 0.29) is 11.0 Å². The maximum absolute atomic E-state index is 14.7. The van der Waals surface area contributed by atoms with Crippen molar-refractivity contribution in [3.05, 3.63) is 35.9 Å². The summed E-state index contributed by atoms with van der Waals surface area (Å²) in [5.74, 6) is 0.298. The molecule has 0 amide bonds. The topological polar surface area (TPSA) is 99.4 Å². The van der Waals surface area contributed by atoms with Crippen molar-refractivity contribution < 1.29 is 17.5 Å². The molecule has 8 nitrogen and oxygen atoms in total. The molecule has 1 fully saturated rings. The SMILES string of the molecule is CS(=O)(=O)c1cc(F)c2c(c1)CCN2c1cc(OC2CCN(C#N)CC2)ncn1. The minimum absolute atomic E-state index is 0.0222. The average Bonchev–Trinajstić information content (AvgIpc) is 3.13. The number of nitrogens with zero attached hydrogens (tertiary/aromatic N) is 5. The zero-order chi connectivity index (χ0) is 20.6. The fourth-order valence-electron chi connectivity index (χ4n) is 3.69. The second-order valence-corrected chi connectivity index (χ2v) is 9.22. The van der Waals surface area contributed by atoms with Crippen molar-refractivity contribution in [3.8, 4) is 12.1 Å². The third kappa shape index (κ3) is 3.96. The molecular formula is C19H20FN5O3S. The van der Waals surface area contributed by atoms with E-state index in [1.54, 1.807) is 15.9 Å². The predicted molar refractivity (Wildman–Crippen MR) is 103 cm³/mol. The largest absolute Gasteiger partial charge is 0.474 e. The lowest BCUT2D eigenvalue weighted by Gasteiger charge is -2.28. The molecule has 4 rings (SSSR count). The number of likely N-dealkylation sites (tertiary alicyclic amines) is 1. The van der Waals surface area contributed by atoms with Gasteiger partial charge in [0, 0.05) is 44.8 Å². The Balaban J connectivity index is 1.56. The van der Waals surface area contributed by atoms with Gasteiger partial charge in [0.15, 0.2) is 16.0 Å². The number of fused-ring (bicyclic) bond motifs is 1. The Morgan fingerprint density at radius 3 is 2.66 bits per heavy atom. The summed E-state index contributed by atoms with van der Waals surface area (Å²) in [4.78, 5) is 11.8. The van der Waals surface area contributed by atoms with Crippen LogP contribution in [0.15, 0.2) is 29.4 Å². The lowest BCUT2D eigenvalue weighted by atomic mass is 10.1. The van der Waals surface area contributed by atoms with Crippen LogP contribution in [-0.2, 0) is 16.3 Å². The maximum atomic E-state index is 14.7. The molecule has 0 bridgehead atoms. The van der Waals surface area contributed by atoms with Crippen molar-refractivity contribution >= 4 is 21.3 Å². The van der Waals surface area contributed by atoms with Crippen molar-refractivity contribution in [1.29, 1.82) is 5.26 Å². The number of aromatic nitrogens is 2. The summed E-state index contributed by atoms with van der Waals surface area (Å²) in [6.45, 7) is 1.77. The lowest BCUT2D eigenvalue weighted by molar-refractivity contribution is 0.121. The summed E-state index contributed by atoms with van der Waals surface area (Å²) in [7, 11) is -3.49. The molecule has 2 aliphatic rings. The standard InChI is InChI=1S/C19H20FN5O3S/c1-29(26,27)15-8-13-2-7-25(19(13)16(20)9-15)17-10-18(23-12-22-17)28-14-3-5-24(11-21)6-4-14/h8-10,12,14H,2-7H2,1H3. The molecule has 152 valence electrons. The van der Waals surface area contributed by atoms with E-state index in [9.17, 15) is 12.8 Å². The summed E-state index contributed by atoms with van der Waals surface area (Å²) < 4.78 is 44.2. The van der Waals surface area contributed by atoms with Crippen LogP contribution in [-0.4, -0.2) is 55.3 Å². The average molecular weight is 417 g/mol. The van der Waals surface area contributed by atoms with Crippen LogP contribution in [0.2, 0.25) is 0 Å². The first-order valence-corrected chi connectivity index (χ1v) is 11.2. The molecule has 1 aromatic carbocycles. The monoisotopic (exact) mass is 417 g/mol. The number of rotatable bonds is 4. The van der Waals surface area contributed by atoms with Crippen molar-refractivity contribution in [2.75, 3.05) is 30.8 Å². The Morgan fingerprint density at radius 1 is 1.21 bits per heavy atom. The van der Waals surface area contributed by atoms with Crippen LogP contribution in [0.4, 0.5) is 15.9 Å². The van der Waals surface area contributed by atoms with Crippen molar-refractivity contribution in [3.63, 3.8) is 0 Å². The number of sulfone groups is 1. The van der Waals surface area contributed by atoms with E-state index in [0.29, 0.717) is 49.0 Å². The first-order valence-electron chi connectivity index (χ1n) is 9.28. The maximum Gasteiger partial charge on any atom is 0.218 e. The van der Waals surface area contributed by atoms with Crippen LogP contribution in [0.5, 0.6) is 5.88 Å².